The summed E-state index contributed by atoms with van der Waals surface area (Å²) >= 11 is 0. The Morgan fingerprint density at radius 2 is 2.26 bits per heavy atom. The number of nitrogens with zero attached hydrogens (tertiary/aromatic N) is 1. The molecule has 19 heavy (non-hydrogen) atoms. The van der Waals surface area contributed by atoms with Gasteiger partial charge in [-0.2, -0.15) is 0 Å². The Morgan fingerprint density at radius 3 is 2.89 bits per heavy atom. The quantitative estimate of drug-likeness (QED) is 0.862. The molecule has 2 unspecified atom stereocenters. The molecule has 0 radical (unpaired) electrons. The third kappa shape index (κ3) is 3.47. The lowest BCUT2D eigenvalue weighted by Gasteiger charge is -2.34. The van der Waals surface area contributed by atoms with E-state index in [1.54, 1.807) is 7.11 Å². The van der Waals surface area contributed by atoms with Gasteiger partial charge < -0.3 is 15.6 Å². The molecule has 1 aliphatic heterocycles. The minimum absolute atomic E-state index is 0.209. The normalized spacial score (nSPS) is 24.4. The zero-order chi connectivity index (χ0) is 13.8. The fourth-order valence-corrected chi connectivity index (χ4v) is 2.57. The molecule has 1 aromatic rings. The second-order valence-corrected chi connectivity index (χ2v) is 5.42. The predicted molar refractivity (Wildman–Crippen MR) is 76.0 cm³/mol. The van der Waals surface area contributed by atoms with E-state index in [9.17, 15) is 5.11 Å². The maximum atomic E-state index is 9.93. The monoisotopic (exact) mass is 264 g/mol. The van der Waals surface area contributed by atoms with Gasteiger partial charge in [0.15, 0.2) is 0 Å². The number of nitrogens with two attached hydrogens (primary N) is 1. The summed E-state index contributed by atoms with van der Waals surface area (Å²) in [4.78, 5) is 2.29. The van der Waals surface area contributed by atoms with Crippen LogP contribution in [-0.2, 0) is 13.1 Å². The molecule has 1 aromatic carbocycles. The number of β-amino-alcohol motifs (C(OH)–C–C–N with tert-alkyl or cyclic N) is 1. The summed E-state index contributed by atoms with van der Waals surface area (Å²) in [5, 5.41) is 9.93. The van der Waals surface area contributed by atoms with Gasteiger partial charge in [-0.3, -0.25) is 4.90 Å². The molecule has 0 aromatic heterocycles. The first-order chi connectivity index (χ1) is 9.13. The molecule has 3 N–H and O–H groups in total. The van der Waals surface area contributed by atoms with Crippen molar-refractivity contribution in [3.8, 4) is 5.75 Å². The number of piperidine rings is 1. The van der Waals surface area contributed by atoms with Crippen molar-refractivity contribution in [1.82, 2.24) is 4.90 Å². The topological polar surface area (TPSA) is 58.7 Å². The zero-order valence-electron chi connectivity index (χ0n) is 11.8. The van der Waals surface area contributed by atoms with Gasteiger partial charge in [0.25, 0.3) is 0 Å². The van der Waals surface area contributed by atoms with Crippen LogP contribution in [-0.4, -0.2) is 36.3 Å². The molecule has 4 heteroatoms. The van der Waals surface area contributed by atoms with Crippen molar-refractivity contribution in [2.24, 2.45) is 11.7 Å². The summed E-state index contributed by atoms with van der Waals surface area (Å²) in [6, 6.07) is 6.17. The Balaban J connectivity index is 2.03. The van der Waals surface area contributed by atoms with E-state index >= 15 is 0 Å². The maximum absolute atomic E-state index is 9.93. The van der Waals surface area contributed by atoms with E-state index < -0.39 is 0 Å². The first-order valence-corrected chi connectivity index (χ1v) is 6.90. The molecule has 2 atom stereocenters. The number of ether oxygens (including phenoxy) is 1. The second-order valence-electron chi connectivity index (χ2n) is 5.42. The standard InChI is InChI=1S/C15H24N2O2/c1-11-5-6-17(10-14(11)18)9-12-3-4-13(8-16)15(7-12)19-2/h3-4,7,11,14,18H,5-6,8-10,16H2,1-2H3. The predicted octanol–water partition coefficient (Wildman–Crippen LogP) is 1.36. The molecule has 1 heterocycles. The molecule has 0 amide bonds. The van der Waals surface area contributed by atoms with Crippen molar-refractivity contribution >= 4 is 0 Å². The zero-order valence-corrected chi connectivity index (χ0v) is 11.8. The Hall–Kier alpha value is -1.10. The van der Waals surface area contributed by atoms with Crippen LogP contribution in [0.5, 0.6) is 5.75 Å². The van der Waals surface area contributed by atoms with E-state index in [4.69, 9.17) is 10.5 Å². The Kier molecular flexibility index (Phi) is 4.80. The van der Waals surface area contributed by atoms with E-state index in [2.05, 4.69) is 17.9 Å². The van der Waals surface area contributed by atoms with Gasteiger partial charge in [0, 0.05) is 25.2 Å². The Bertz CT molecular complexity index is 423. The molecule has 0 spiro atoms. The minimum atomic E-state index is -0.209. The van der Waals surface area contributed by atoms with Crippen LogP contribution in [0.2, 0.25) is 0 Å². The van der Waals surface area contributed by atoms with E-state index in [1.165, 1.54) is 5.56 Å². The summed E-state index contributed by atoms with van der Waals surface area (Å²) < 4.78 is 5.36. The van der Waals surface area contributed by atoms with Crippen LogP contribution in [0.4, 0.5) is 0 Å². The highest BCUT2D eigenvalue weighted by Crippen LogP contribution is 2.23. The van der Waals surface area contributed by atoms with Crippen LogP contribution in [0.1, 0.15) is 24.5 Å². The van der Waals surface area contributed by atoms with Crippen molar-refractivity contribution in [3.63, 3.8) is 0 Å². The number of benzene rings is 1. The van der Waals surface area contributed by atoms with Crippen molar-refractivity contribution < 1.29 is 9.84 Å². The van der Waals surface area contributed by atoms with Crippen molar-refractivity contribution in [2.75, 3.05) is 20.2 Å². The fraction of sp³-hybridized carbons (Fsp3) is 0.600. The lowest BCUT2D eigenvalue weighted by Crippen LogP contribution is -2.42. The Morgan fingerprint density at radius 1 is 1.47 bits per heavy atom. The molecule has 0 bridgehead atoms. The number of methoxy groups -OCH3 is 1. The van der Waals surface area contributed by atoms with Gasteiger partial charge in [-0.15, -0.1) is 0 Å². The van der Waals surface area contributed by atoms with Gasteiger partial charge in [-0.25, -0.2) is 0 Å². The van der Waals surface area contributed by atoms with Crippen LogP contribution in [0.15, 0.2) is 18.2 Å². The molecule has 106 valence electrons. The van der Waals surface area contributed by atoms with Crippen molar-refractivity contribution in [2.45, 2.75) is 32.5 Å². The van der Waals surface area contributed by atoms with Crippen molar-refractivity contribution in [3.05, 3.63) is 29.3 Å². The van der Waals surface area contributed by atoms with E-state index in [-0.39, 0.29) is 6.10 Å². The number of aliphatic hydroxyl groups excluding tert-OH is 1. The van der Waals surface area contributed by atoms with Gasteiger partial charge in [-0.1, -0.05) is 19.1 Å². The molecule has 1 fully saturated rings. The van der Waals surface area contributed by atoms with Crippen LogP contribution < -0.4 is 10.5 Å². The highest BCUT2D eigenvalue weighted by atomic mass is 16.5. The smallest absolute Gasteiger partial charge is 0.123 e. The third-order valence-electron chi connectivity index (χ3n) is 3.98. The molecule has 1 aliphatic rings. The van der Waals surface area contributed by atoms with Crippen LogP contribution >= 0.6 is 0 Å². The summed E-state index contributed by atoms with van der Waals surface area (Å²) in [7, 11) is 1.67. The summed E-state index contributed by atoms with van der Waals surface area (Å²) in [5.41, 5.74) is 7.90. The Labute approximate surface area is 115 Å². The molecule has 1 saturated heterocycles. The van der Waals surface area contributed by atoms with Gasteiger partial charge in [0.05, 0.1) is 13.2 Å². The fourth-order valence-electron chi connectivity index (χ4n) is 2.57. The molecular weight excluding hydrogens is 240 g/mol. The van der Waals surface area contributed by atoms with Crippen LogP contribution in [0.25, 0.3) is 0 Å². The number of hydrogen-bond donors (Lipinski definition) is 2. The SMILES string of the molecule is COc1cc(CN2CCC(C)C(O)C2)ccc1CN. The lowest BCUT2D eigenvalue weighted by molar-refractivity contribution is 0.0259. The molecule has 2 rings (SSSR count). The minimum Gasteiger partial charge on any atom is -0.496 e. The maximum Gasteiger partial charge on any atom is 0.123 e. The summed E-state index contributed by atoms with van der Waals surface area (Å²) in [5.74, 6) is 1.26. The van der Waals surface area contributed by atoms with Crippen molar-refractivity contribution in [1.29, 1.82) is 0 Å². The van der Waals surface area contributed by atoms with Gasteiger partial charge in [-0.05, 0) is 30.5 Å². The van der Waals surface area contributed by atoms with Gasteiger partial charge in [0.2, 0.25) is 0 Å². The summed E-state index contributed by atoms with van der Waals surface area (Å²) in [6.07, 6.45) is 0.845. The lowest BCUT2D eigenvalue weighted by atomic mass is 9.95. The molecule has 4 nitrogen and oxygen atoms in total. The molecule has 0 aliphatic carbocycles. The van der Waals surface area contributed by atoms with E-state index in [0.717, 1.165) is 37.4 Å². The average Bonchev–Trinajstić information content (AvgIpc) is 2.43. The van der Waals surface area contributed by atoms with Crippen LogP contribution in [0, 0.1) is 5.92 Å². The first-order valence-electron chi connectivity index (χ1n) is 6.90. The third-order valence-corrected chi connectivity index (χ3v) is 3.98. The largest absolute Gasteiger partial charge is 0.496 e. The van der Waals surface area contributed by atoms with E-state index in [0.29, 0.717) is 12.5 Å². The second kappa shape index (κ2) is 6.37. The number of rotatable bonds is 4. The average molecular weight is 264 g/mol. The highest BCUT2D eigenvalue weighted by molar-refractivity contribution is 5.37. The van der Waals surface area contributed by atoms with Crippen LogP contribution in [0.3, 0.4) is 0 Å². The first kappa shape index (κ1) is 14.3. The number of aliphatic hydroxyl groups is 1. The number of likely N-dealkylation sites (tertiary alicyclic amines) is 1. The van der Waals surface area contributed by atoms with Gasteiger partial charge >= 0.3 is 0 Å². The summed E-state index contributed by atoms with van der Waals surface area (Å²) in [6.45, 7) is 5.25. The number of hydrogen-bond acceptors (Lipinski definition) is 4. The van der Waals surface area contributed by atoms with Gasteiger partial charge in [0.1, 0.15) is 5.75 Å². The molecular formula is C15H24N2O2. The molecule has 0 saturated carbocycles. The highest BCUT2D eigenvalue weighted by Gasteiger charge is 2.24. The van der Waals surface area contributed by atoms with E-state index in [1.807, 2.05) is 12.1 Å².